The summed E-state index contributed by atoms with van der Waals surface area (Å²) in [5.74, 6) is 2.36. The molecule has 0 amide bonds. The van der Waals surface area contributed by atoms with E-state index in [1.807, 2.05) is 12.1 Å². The van der Waals surface area contributed by atoms with Gasteiger partial charge >= 0.3 is 0 Å². The maximum absolute atomic E-state index is 5.58. The third kappa shape index (κ3) is 8.08. The summed E-state index contributed by atoms with van der Waals surface area (Å²) in [6.07, 6.45) is 2.03. The lowest BCUT2D eigenvalue weighted by atomic mass is 9.89. The van der Waals surface area contributed by atoms with Crippen LogP contribution < -0.4 is 20.1 Å². The Morgan fingerprint density at radius 1 is 1.07 bits per heavy atom. The van der Waals surface area contributed by atoms with Gasteiger partial charge in [-0.2, -0.15) is 0 Å². The van der Waals surface area contributed by atoms with E-state index in [1.54, 1.807) is 21.3 Å². The maximum Gasteiger partial charge on any atom is 0.191 e. The average molecular weight is 380 g/mol. The molecular weight excluding hydrogens is 342 g/mol. The van der Waals surface area contributed by atoms with Crippen LogP contribution in [-0.4, -0.2) is 53.0 Å². The second kappa shape index (κ2) is 11.7. The van der Waals surface area contributed by atoms with E-state index in [2.05, 4.69) is 49.4 Å². The average Bonchev–Trinajstić information content (AvgIpc) is 2.64. The third-order valence-corrected chi connectivity index (χ3v) is 4.39. The molecule has 1 rings (SSSR count). The van der Waals surface area contributed by atoms with Crippen molar-refractivity contribution in [1.29, 1.82) is 0 Å². The minimum Gasteiger partial charge on any atom is -0.493 e. The van der Waals surface area contributed by atoms with Gasteiger partial charge < -0.3 is 24.8 Å². The Labute approximate surface area is 164 Å². The molecule has 6 nitrogen and oxygen atoms in total. The summed E-state index contributed by atoms with van der Waals surface area (Å²) in [6, 6.07) is 6.06. The largest absolute Gasteiger partial charge is 0.493 e. The molecule has 0 bridgehead atoms. The van der Waals surface area contributed by atoms with Crippen LogP contribution in [0.5, 0.6) is 11.5 Å². The number of hydrogen-bond donors (Lipinski definition) is 2. The van der Waals surface area contributed by atoms with Crippen molar-refractivity contribution in [2.24, 2.45) is 10.4 Å². The van der Waals surface area contributed by atoms with Crippen LogP contribution in [0, 0.1) is 5.41 Å². The summed E-state index contributed by atoms with van der Waals surface area (Å²) in [5.41, 5.74) is 1.28. The summed E-state index contributed by atoms with van der Waals surface area (Å²) in [6.45, 7) is 10.9. The van der Waals surface area contributed by atoms with Gasteiger partial charge in [0.1, 0.15) is 0 Å². The highest BCUT2D eigenvalue weighted by molar-refractivity contribution is 5.79. The topological polar surface area (TPSA) is 64.1 Å². The van der Waals surface area contributed by atoms with Crippen LogP contribution >= 0.6 is 0 Å². The standard InChI is InChI=1S/C21H37N3O3/c1-8-22-20(24-15-19(27-7)21(2,3)4)23-13-9-10-16-11-12-17(25-5)18(14-16)26-6/h11-12,14,19H,8-10,13,15H2,1-7H3,(H2,22,23,24). The summed E-state index contributed by atoms with van der Waals surface area (Å²) in [4.78, 5) is 4.68. The Morgan fingerprint density at radius 2 is 1.78 bits per heavy atom. The van der Waals surface area contributed by atoms with Crippen LogP contribution in [0.4, 0.5) is 0 Å². The van der Waals surface area contributed by atoms with Crippen molar-refractivity contribution in [3.8, 4) is 11.5 Å². The molecule has 0 aliphatic carbocycles. The number of aliphatic imine (C=N–C) groups is 1. The summed E-state index contributed by atoms with van der Waals surface area (Å²) >= 11 is 0. The zero-order valence-electron chi connectivity index (χ0n) is 18.0. The van der Waals surface area contributed by atoms with E-state index >= 15 is 0 Å². The van der Waals surface area contributed by atoms with E-state index in [0.29, 0.717) is 6.54 Å². The van der Waals surface area contributed by atoms with Crippen molar-refractivity contribution in [3.63, 3.8) is 0 Å². The maximum atomic E-state index is 5.58. The number of methoxy groups -OCH3 is 3. The first-order chi connectivity index (χ1) is 12.8. The fourth-order valence-electron chi connectivity index (χ4n) is 2.75. The van der Waals surface area contributed by atoms with Gasteiger partial charge in [-0.05, 0) is 42.9 Å². The van der Waals surface area contributed by atoms with E-state index in [-0.39, 0.29) is 11.5 Å². The van der Waals surface area contributed by atoms with Crippen molar-refractivity contribution in [3.05, 3.63) is 23.8 Å². The van der Waals surface area contributed by atoms with E-state index < -0.39 is 0 Å². The number of aryl methyl sites for hydroxylation is 1. The van der Waals surface area contributed by atoms with E-state index in [1.165, 1.54) is 5.56 Å². The van der Waals surface area contributed by atoms with Gasteiger partial charge in [-0.3, -0.25) is 4.99 Å². The molecule has 0 radical (unpaired) electrons. The lowest BCUT2D eigenvalue weighted by molar-refractivity contribution is 0.0241. The van der Waals surface area contributed by atoms with Gasteiger partial charge in [0.25, 0.3) is 0 Å². The molecule has 1 atom stereocenters. The molecule has 1 aromatic carbocycles. The first kappa shape index (κ1) is 23.1. The molecule has 6 heteroatoms. The van der Waals surface area contributed by atoms with Gasteiger partial charge in [0.15, 0.2) is 17.5 Å². The van der Waals surface area contributed by atoms with Crippen molar-refractivity contribution >= 4 is 5.96 Å². The quantitative estimate of drug-likeness (QED) is 0.371. The lowest BCUT2D eigenvalue weighted by Gasteiger charge is -2.28. The molecule has 0 saturated heterocycles. The highest BCUT2D eigenvalue weighted by Crippen LogP contribution is 2.27. The Balaban J connectivity index is 2.54. The van der Waals surface area contributed by atoms with E-state index in [0.717, 1.165) is 43.4 Å². The van der Waals surface area contributed by atoms with Crippen LogP contribution in [0.2, 0.25) is 0 Å². The molecule has 0 spiro atoms. The van der Waals surface area contributed by atoms with Crippen molar-refractivity contribution < 1.29 is 14.2 Å². The molecule has 1 unspecified atom stereocenters. The number of benzene rings is 1. The van der Waals surface area contributed by atoms with Crippen LogP contribution in [0.25, 0.3) is 0 Å². The van der Waals surface area contributed by atoms with Crippen molar-refractivity contribution in [2.75, 3.05) is 41.0 Å². The number of ether oxygens (including phenoxy) is 3. The first-order valence-corrected chi connectivity index (χ1v) is 9.61. The SMILES string of the molecule is CCNC(=NCC(OC)C(C)(C)C)NCCCc1ccc(OC)c(OC)c1. The Hall–Kier alpha value is -1.95. The van der Waals surface area contributed by atoms with E-state index in [4.69, 9.17) is 14.2 Å². The van der Waals surface area contributed by atoms with Crippen LogP contribution in [0.1, 0.15) is 39.7 Å². The van der Waals surface area contributed by atoms with Gasteiger partial charge in [0.05, 0.1) is 26.9 Å². The molecule has 1 aromatic rings. The predicted molar refractivity (Wildman–Crippen MR) is 112 cm³/mol. The molecule has 27 heavy (non-hydrogen) atoms. The minimum atomic E-state index is 0.0585. The zero-order valence-corrected chi connectivity index (χ0v) is 18.0. The molecule has 0 heterocycles. The second-order valence-electron chi connectivity index (χ2n) is 7.53. The normalized spacial score (nSPS) is 13.2. The zero-order chi connectivity index (χ0) is 20.3. The Kier molecular flexibility index (Phi) is 10.0. The fourth-order valence-corrected chi connectivity index (χ4v) is 2.75. The summed E-state index contributed by atoms with van der Waals surface area (Å²) < 4.78 is 16.2. The van der Waals surface area contributed by atoms with Crippen LogP contribution in [0.15, 0.2) is 23.2 Å². The molecule has 2 N–H and O–H groups in total. The number of nitrogens with one attached hydrogen (secondary N) is 2. The first-order valence-electron chi connectivity index (χ1n) is 9.61. The van der Waals surface area contributed by atoms with Gasteiger partial charge in [-0.1, -0.05) is 26.8 Å². The highest BCUT2D eigenvalue weighted by atomic mass is 16.5. The Bertz CT molecular complexity index is 583. The van der Waals surface area contributed by atoms with Gasteiger partial charge in [0, 0.05) is 20.2 Å². The molecule has 0 saturated carbocycles. The Morgan fingerprint density at radius 3 is 2.33 bits per heavy atom. The summed E-state index contributed by atoms with van der Waals surface area (Å²) in [7, 11) is 5.05. The molecule has 0 fully saturated rings. The van der Waals surface area contributed by atoms with Gasteiger partial charge in [-0.25, -0.2) is 0 Å². The van der Waals surface area contributed by atoms with Crippen molar-refractivity contribution in [1.82, 2.24) is 10.6 Å². The molecule has 0 aliphatic heterocycles. The second-order valence-corrected chi connectivity index (χ2v) is 7.53. The van der Waals surface area contributed by atoms with Gasteiger partial charge in [0.2, 0.25) is 0 Å². The lowest BCUT2D eigenvalue weighted by Crippen LogP contribution is -2.39. The predicted octanol–water partition coefficient (Wildman–Crippen LogP) is 3.25. The van der Waals surface area contributed by atoms with Crippen molar-refractivity contribution in [2.45, 2.75) is 46.6 Å². The number of rotatable bonds is 10. The van der Waals surface area contributed by atoms with Crippen LogP contribution in [-0.2, 0) is 11.2 Å². The third-order valence-electron chi connectivity index (χ3n) is 4.39. The molecule has 0 aromatic heterocycles. The monoisotopic (exact) mass is 379 g/mol. The fraction of sp³-hybridized carbons (Fsp3) is 0.667. The minimum absolute atomic E-state index is 0.0585. The highest BCUT2D eigenvalue weighted by Gasteiger charge is 2.24. The molecule has 0 aliphatic rings. The van der Waals surface area contributed by atoms with Gasteiger partial charge in [-0.15, -0.1) is 0 Å². The number of guanidine groups is 1. The molecule has 154 valence electrons. The summed E-state index contributed by atoms with van der Waals surface area (Å²) in [5, 5.41) is 6.69. The number of nitrogens with zero attached hydrogens (tertiary/aromatic N) is 1. The van der Waals surface area contributed by atoms with E-state index in [9.17, 15) is 0 Å². The number of hydrogen-bond acceptors (Lipinski definition) is 4. The smallest absolute Gasteiger partial charge is 0.191 e. The van der Waals surface area contributed by atoms with Crippen LogP contribution in [0.3, 0.4) is 0 Å². The molecular formula is C21H37N3O3.